The van der Waals surface area contributed by atoms with Crippen LogP contribution in [0.5, 0.6) is 0 Å². The van der Waals surface area contributed by atoms with Crippen LogP contribution >= 0.6 is 0 Å². The number of benzene rings is 1. The molecule has 1 aliphatic carbocycles. The molecule has 1 heterocycles. The van der Waals surface area contributed by atoms with E-state index in [-0.39, 0.29) is 11.7 Å². The van der Waals surface area contributed by atoms with Crippen LogP contribution in [0.4, 0.5) is 4.39 Å². The van der Waals surface area contributed by atoms with Gasteiger partial charge >= 0.3 is 0 Å². The molecule has 1 aromatic heterocycles. The first-order chi connectivity index (χ1) is 11.1. The van der Waals surface area contributed by atoms with Crippen molar-refractivity contribution in [1.29, 1.82) is 0 Å². The van der Waals surface area contributed by atoms with Gasteiger partial charge in [-0.25, -0.2) is 9.07 Å². The quantitative estimate of drug-likeness (QED) is 0.817. The van der Waals surface area contributed by atoms with Crippen molar-refractivity contribution in [3.05, 3.63) is 47.5 Å². The Kier molecular flexibility index (Phi) is 4.46. The van der Waals surface area contributed by atoms with E-state index in [2.05, 4.69) is 12.0 Å². The highest BCUT2D eigenvalue weighted by Crippen LogP contribution is 2.30. The number of para-hydroxylation sites is 1. The molecule has 0 spiro atoms. The van der Waals surface area contributed by atoms with E-state index in [1.165, 1.54) is 23.6 Å². The van der Waals surface area contributed by atoms with Crippen LogP contribution in [0.2, 0.25) is 0 Å². The second kappa shape index (κ2) is 6.52. The first kappa shape index (κ1) is 15.7. The van der Waals surface area contributed by atoms with E-state index in [0.29, 0.717) is 22.9 Å². The molecule has 23 heavy (non-hydrogen) atoms. The summed E-state index contributed by atoms with van der Waals surface area (Å²) in [6.07, 6.45) is 4.90. The summed E-state index contributed by atoms with van der Waals surface area (Å²) < 4.78 is 15.5. The fourth-order valence-electron chi connectivity index (χ4n) is 2.81. The van der Waals surface area contributed by atoms with Gasteiger partial charge in [0.2, 0.25) is 0 Å². The lowest BCUT2D eigenvalue weighted by Crippen LogP contribution is -2.33. The average molecular weight is 315 g/mol. The third kappa shape index (κ3) is 3.28. The molecule has 0 aliphatic heterocycles. The van der Waals surface area contributed by atoms with Gasteiger partial charge in [-0.05, 0) is 44.2 Å². The fraction of sp³-hybridized carbons (Fsp3) is 0.444. The molecule has 122 valence electrons. The van der Waals surface area contributed by atoms with Gasteiger partial charge in [0.25, 0.3) is 5.91 Å². The molecular weight excluding hydrogens is 293 g/mol. The van der Waals surface area contributed by atoms with Gasteiger partial charge in [0.1, 0.15) is 11.5 Å². The maximum atomic E-state index is 14.0. The van der Waals surface area contributed by atoms with Gasteiger partial charge in [0, 0.05) is 13.1 Å². The van der Waals surface area contributed by atoms with Gasteiger partial charge < -0.3 is 4.90 Å². The SMILES string of the molecule is CCCN(CC1CC1)C(=O)c1cnn(-c2ccccc2F)c1C. The number of halogens is 1. The summed E-state index contributed by atoms with van der Waals surface area (Å²) in [7, 11) is 0. The zero-order valence-corrected chi connectivity index (χ0v) is 13.6. The number of carbonyl (C=O) groups is 1. The fourth-order valence-corrected chi connectivity index (χ4v) is 2.81. The number of nitrogens with zero attached hydrogens (tertiary/aromatic N) is 3. The lowest BCUT2D eigenvalue weighted by atomic mass is 10.2. The van der Waals surface area contributed by atoms with Crippen molar-refractivity contribution in [3.63, 3.8) is 0 Å². The molecule has 1 amide bonds. The number of rotatable bonds is 6. The lowest BCUT2D eigenvalue weighted by molar-refractivity contribution is 0.0747. The molecule has 5 heteroatoms. The number of amides is 1. The molecule has 3 rings (SSSR count). The van der Waals surface area contributed by atoms with Crippen LogP contribution in [0.1, 0.15) is 42.2 Å². The van der Waals surface area contributed by atoms with Crippen LogP contribution in [0.3, 0.4) is 0 Å². The van der Waals surface area contributed by atoms with Crippen LogP contribution in [-0.4, -0.2) is 33.7 Å². The van der Waals surface area contributed by atoms with Gasteiger partial charge in [-0.1, -0.05) is 19.1 Å². The highest BCUT2D eigenvalue weighted by Gasteiger charge is 2.28. The second-order valence-electron chi connectivity index (χ2n) is 6.20. The topological polar surface area (TPSA) is 38.1 Å². The normalized spacial score (nSPS) is 14.0. The average Bonchev–Trinajstić information content (AvgIpc) is 3.28. The van der Waals surface area contributed by atoms with Crippen LogP contribution < -0.4 is 0 Å². The highest BCUT2D eigenvalue weighted by atomic mass is 19.1. The molecule has 0 saturated heterocycles. The Bertz CT molecular complexity index is 706. The molecule has 1 aromatic carbocycles. The van der Waals surface area contributed by atoms with Crippen molar-refractivity contribution in [2.24, 2.45) is 5.92 Å². The third-order valence-corrected chi connectivity index (χ3v) is 4.28. The number of hydrogen-bond donors (Lipinski definition) is 0. The Morgan fingerprint density at radius 1 is 1.39 bits per heavy atom. The smallest absolute Gasteiger partial charge is 0.257 e. The summed E-state index contributed by atoms with van der Waals surface area (Å²) >= 11 is 0. The summed E-state index contributed by atoms with van der Waals surface area (Å²) in [5, 5.41) is 4.23. The van der Waals surface area contributed by atoms with Gasteiger partial charge in [0.15, 0.2) is 0 Å². The molecule has 2 aromatic rings. The predicted octanol–water partition coefficient (Wildman–Crippen LogP) is 3.58. The van der Waals surface area contributed by atoms with E-state index in [1.54, 1.807) is 24.4 Å². The minimum Gasteiger partial charge on any atom is -0.338 e. The molecule has 0 N–H and O–H groups in total. The van der Waals surface area contributed by atoms with Crippen molar-refractivity contribution >= 4 is 5.91 Å². The molecule has 0 unspecified atom stereocenters. The van der Waals surface area contributed by atoms with E-state index in [0.717, 1.165) is 19.5 Å². The number of hydrogen-bond acceptors (Lipinski definition) is 2. The van der Waals surface area contributed by atoms with E-state index in [9.17, 15) is 9.18 Å². The molecule has 4 nitrogen and oxygen atoms in total. The first-order valence-electron chi connectivity index (χ1n) is 8.20. The van der Waals surface area contributed by atoms with Crippen molar-refractivity contribution in [2.75, 3.05) is 13.1 Å². The molecule has 0 atom stereocenters. The van der Waals surface area contributed by atoms with Crippen LogP contribution in [0.25, 0.3) is 5.69 Å². The van der Waals surface area contributed by atoms with Crippen LogP contribution in [-0.2, 0) is 0 Å². The highest BCUT2D eigenvalue weighted by molar-refractivity contribution is 5.95. The Hall–Kier alpha value is -2.17. The van der Waals surface area contributed by atoms with Crippen LogP contribution in [0, 0.1) is 18.7 Å². The zero-order chi connectivity index (χ0) is 16.4. The largest absolute Gasteiger partial charge is 0.338 e. The molecule has 0 bridgehead atoms. The minimum absolute atomic E-state index is 0.00107. The summed E-state index contributed by atoms with van der Waals surface area (Å²) in [5.74, 6) is 0.298. The standard InChI is InChI=1S/C18H22FN3O/c1-3-10-21(12-14-8-9-14)18(23)15-11-20-22(13(15)2)17-7-5-4-6-16(17)19/h4-7,11,14H,3,8-10,12H2,1-2H3. The Balaban J connectivity index is 1.88. The van der Waals surface area contributed by atoms with Gasteiger partial charge in [0.05, 0.1) is 17.5 Å². The molecular formula is C18H22FN3O. The molecule has 1 fully saturated rings. The van der Waals surface area contributed by atoms with Crippen molar-refractivity contribution in [3.8, 4) is 5.69 Å². The van der Waals surface area contributed by atoms with E-state index >= 15 is 0 Å². The van der Waals surface area contributed by atoms with E-state index in [4.69, 9.17) is 0 Å². The number of carbonyl (C=O) groups excluding carboxylic acids is 1. The number of aromatic nitrogens is 2. The molecule has 1 saturated carbocycles. The summed E-state index contributed by atoms with van der Waals surface area (Å²) in [6, 6.07) is 6.46. The second-order valence-corrected chi connectivity index (χ2v) is 6.20. The lowest BCUT2D eigenvalue weighted by Gasteiger charge is -2.21. The summed E-state index contributed by atoms with van der Waals surface area (Å²) in [6.45, 7) is 5.45. The van der Waals surface area contributed by atoms with Gasteiger partial charge in [-0.3, -0.25) is 4.79 Å². The monoisotopic (exact) mass is 315 g/mol. The minimum atomic E-state index is -0.346. The molecule has 1 aliphatic rings. The Morgan fingerprint density at radius 3 is 2.78 bits per heavy atom. The summed E-state index contributed by atoms with van der Waals surface area (Å²) in [4.78, 5) is 14.7. The van der Waals surface area contributed by atoms with Gasteiger partial charge in [-0.2, -0.15) is 5.10 Å². The van der Waals surface area contributed by atoms with Crippen molar-refractivity contribution < 1.29 is 9.18 Å². The predicted molar refractivity (Wildman–Crippen MR) is 87.2 cm³/mol. The van der Waals surface area contributed by atoms with E-state index < -0.39 is 0 Å². The Morgan fingerprint density at radius 2 is 2.13 bits per heavy atom. The summed E-state index contributed by atoms with van der Waals surface area (Å²) in [5.41, 5.74) is 1.60. The van der Waals surface area contributed by atoms with Gasteiger partial charge in [-0.15, -0.1) is 0 Å². The first-order valence-corrected chi connectivity index (χ1v) is 8.20. The van der Waals surface area contributed by atoms with Crippen molar-refractivity contribution in [1.82, 2.24) is 14.7 Å². The van der Waals surface area contributed by atoms with E-state index in [1.807, 2.05) is 11.8 Å². The maximum absolute atomic E-state index is 14.0. The Labute approximate surface area is 135 Å². The molecule has 0 radical (unpaired) electrons. The van der Waals surface area contributed by atoms with Crippen LogP contribution in [0.15, 0.2) is 30.5 Å². The maximum Gasteiger partial charge on any atom is 0.257 e. The zero-order valence-electron chi connectivity index (χ0n) is 13.6. The van der Waals surface area contributed by atoms with Crippen molar-refractivity contribution in [2.45, 2.75) is 33.1 Å². The third-order valence-electron chi connectivity index (χ3n) is 4.28.